The third-order valence-corrected chi connectivity index (χ3v) is 5.20. The molecular formula is C17H25NO3S. The van der Waals surface area contributed by atoms with Crippen LogP contribution in [0.25, 0.3) is 0 Å². The minimum absolute atomic E-state index is 0.150. The van der Waals surface area contributed by atoms with Crippen molar-refractivity contribution in [2.45, 2.75) is 52.5 Å². The van der Waals surface area contributed by atoms with Crippen molar-refractivity contribution in [3.63, 3.8) is 0 Å². The maximum atomic E-state index is 12.6. The summed E-state index contributed by atoms with van der Waals surface area (Å²) in [5.41, 5.74) is 1.92. The summed E-state index contributed by atoms with van der Waals surface area (Å²) >= 11 is 1.66. The van der Waals surface area contributed by atoms with Crippen LogP contribution >= 0.6 is 11.3 Å². The second-order valence-corrected chi connectivity index (χ2v) is 7.54. The van der Waals surface area contributed by atoms with Gasteiger partial charge in [0.15, 0.2) is 0 Å². The summed E-state index contributed by atoms with van der Waals surface area (Å²) < 4.78 is 4.81. The Labute approximate surface area is 136 Å². The summed E-state index contributed by atoms with van der Waals surface area (Å²) in [7, 11) is 1.36. The van der Waals surface area contributed by atoms with Crippen LogP contribution in [-0.4, -0.2) is 25.0 Å². The van der Waals surface area contributed by atoms with Crippen molar-refractivity contribution in [1.29, 1.82) is 0 Å². The molecule has 1 heterocycles. The lowest BCUT2D eigenvalue weighted by Crippen LogP contribution is -2.42. The Morgan fingerprint density at radius 2 is 2.18 bits per heavy atom. The first-order chi connectivity index (χ1) is 10.4. The molecule has 0 unspecified atom stereocenters. The first kappa shape index (κ1) is 17.0. The number of ether oxygens (including phenoxy) is 1. The first-order valence-corrected chi connectivity index (χ1v) is 8.78. The average molecular weight is 323 g/mol. The van der Waals surface area contributed by atoms with Crippen molar-refractivity contribution < 1.29 is 14.3 Å². The number of hydrogen-bond donors (Lipinski definition) is 1. The van der Waals surface area contributed by atoms with Crippen LogP contribution in [0.5, 0.6) is 0 Å². The van der Waals surface area contributed by atoms with E-state index < -0.39 is 6.04 Å². The molecule has 1 aliphatic carbocycles. The molecule has 1 N–H and O–H groups in total. The Morgan fingerprint density at radius 3 is 2.82 bits per heavy atom. The lowest BCUT2D eigenvalue weighted by molar-refractivity contribution is -0.143. The van der Waals surface area contributed by atoms with Gasteiger partial charge in [-0.05, 0) is 43.1 Å². The molecule has 1 amide bonds. The molecule has 0 aliphatic heterocycles. The lowest BCUT2D eigenvalue weighted by atomic mass is 9.88. The zero-order valence-corrected chi connectivity index (χ0v) is 14.6. The van der Waals surface area contributed by atoms with Crippen molar-refractivity contribution in [3.05, 3.63) is 21.4 Å². The Bertz CT molecular complexity index is 550. The van der Waals surface area contributed by atoms with Crippen LogP contribution < -0.4 is 5.32 Å². The van der Waals surface area contributed by atoms with Crippen LogP contribution in [-0.2, 0) is 22.4 Å². The van der Waals surface area contributed by atoms with E-state index in [4.69, 9.17) is 4.74 Å². The second-order valence-electron chi connectivity index (χ2n) is 6.58. The summed E-state index contributed by atoms with van der Waals surface area (Å²) in [6.45, 7) is 6.30. The van der Waals surface area contributed by atoms with Crippen molar-refractivity contribution in [2.75, 3.05) is 7.11 Å². The Hall–Kier alpha value is -1.36. The van der Waals surface area contributed by atoms with E-state index >= 15 is 0 Å². The highest BCUT2D eigenvalue weighted by Crippen LogP contribution is 2.32. The van der Waals surface area contributed by atoms with E-state index in [1.165, 1.54) is 17.6 Å². The molecular weight excluding hydrogens is 298 g/mol. The fourth-order valence-corrected chi connectivity index (χ4v) is 4.18. The summed E-state index contributed by atoms with van der Waals surface area (Å²) in [5, 5.41) is 4.79. The van der Waals surface area contributed by atoms with Crippen LogP contribution in [0, 0.1) is 11.8 Å². The minimum atomic E-state index is -0.574. The normalized spacial score (nSPS) is 18.7. The molecule has 4 nitrogen and oxygen atoms in total. The van der Waals surface area contributed by atoms with Crippen LogP contribution in [0.4, 0.5) is 0 Å². The SMILES string of the molecule is COC(=O)[C@@H](CC(C)C)NC(=O)c1csc2c1CC[C@@H](C)C2. The van der Waals surface area contributed by atoms with Gasteiger partial charge in [0.1, 0.15) is 6.04 Å². The quantitative estimate of drug-likeness (QED) is 0.847. The zero-order chi connectivity index (χ0) is 16.3. The summed E-state index contributed by atoms with van der Waals surface area (Å²) in [6.07, 6.45) is 3.72. The second kappa shape index (κ2) is 7.27. The number of thiophene rings is 1. The zero-order valence-electron chi connectivity index (χ0n) is 13.8. The van der Waals surface area contributed by atoms with Gasteiger partial charge in [-0.15, -0.1) is 11.3 Å². The monoisotopic (exact) mass is 323 g/mol. The van der Waals surface area contributed by atoms with E-state index in [-0.39, 0.29) is 11.9 Å². The number of hydrogen-bond acceptors (Lipinski definition) is 4. The van der Waals surface area contributed by atoms with Crippen LogP contribution in [0.2, 0.25) is 0 Å². The van der Waals surface area contributed by atoms with Gasteiger partial charge in [0, 0.05) is 10.3 Å². The Balaban J connectivity index is 2.12. The van der Waals surface area contributed by atoms with Crippen LogP contribution in [0.1, 0.15) is 54.4 Å². The Kier molecular flexibility index (Phi) is 5.62. The molecule has 22 heavy (non-hydrogen) atoms. The maximum absolute atomic E-state index is 12.6. The predicted octanol–water partition coefficient (Wildman–Crippen LogP) is 3.19. The molecule has 2 rings (SSSR count). The topological polar surface area (TPSA) is 55.4 Å². The Morgan fingerprint density at radius 1 is 1.45 bits per heavy atom. The standard InChI is InChI=1S/C17H25NO3S/c1-10(2)7-14(17(20)21-4)18-16(19)13-9-22-15-8-11(3)5-6-12(13)15/h9-11,14H,5-8H2,1-4H3,(H,18,19)/t11-,14-/m1/s1. The molecule has 0 aromatic carbocycles. The molecule has 0 spiro atoms. The molecule has 2 atom stereocenters. The highest BCUT2D eigenvalue weighted by atomic mass is 32.1. The van der Waals surface area contributed by atoms with Gasteiger partial charge in [0.2, 0.25) is 0 Å². The van der Waals surface area contributed by atoms with Gasteiger partial charge < -0.3 is 10.1 Å². The number of amides is 1. The van der Waals surface area contributed by atoms with Gasteiger partial charge >= 0.3 is 5.97 Å². The van der Waals surface area contributed by atoms with E-state index in [0.29, 0.717) is 18.3 Å². The minimum Gasteiger partial charge on any atom is -0.467 e. The molecule has 0 fully saturated rings. The number of methoxy groups -OCH3 is 1. The van der Waals surface area contributed by atoms with Gasteiger partial charge in [-0.3, -0.25) is 4.79 Å². The van der Waals surface area contributed by atoms with E-state index in [2.05, 4.69) is 12.2 Å². The highest BCUT2D eigenvalue weighted by Gasteiger charge is 2.27. The number of carbonyl (C=O) groups excluding carboxylic acids is 2. The number of carbonyl (C=O) groups is 2. The summed E-state index contributed by atoms with van der Waals surface area (Å²) in [4.78, 5) is 25.7. The molecule has 0 saturated heterocycles. The predicted molar refractivity (Wildman–Crippen MR) is 88.2 cm³/mol. The van der Waals surface area contributed by atoms with Gasteiger partial charge in [-0.25, -0.2) is 4.79 Å². The van der Waals surface area contributed by atoms with Crippen LogP contribution in [0.3, 0.4) is 0 Å². The maximum Gasteiger partial charge on any atom is 0.328 e. The fourth-order valence-electron chi connectivity index (χ4n) is 2.93. The van der Waals surface area contributed by atoms with Crippen molar-refractivity contribution >= 4 is 23.2 Å². The smallest absolute Gasteiger partial charge is 0.328 e. The lowest BCUT2D eigenvalue weighted by Gasteiger charge is -2.21. The number of esters is 1. The van der Waals surface area contributed by atoms with Crippen LogP contribution in [0.15, 0.2) is 5.38 Å². The van der Waals surface area contributed by atoms with E-state index in [1.807, 2.05) is 19.2 Å². The molecule has 1 aromatic heterocycles. The number of rotatable bonds is 5. The molecule has 0 bridgehead atoms. The number of fused-ring (bicyclic) bond motifs is 1. The van der Waals surface area contributed by atoms with E-state index in [9.17, 15) is 9.59 Å². The molecule has 1 aliphatic rings. The molecule has 0 radical (unpaired) electrons. The first-order valence-electron chi connectivity index (χ1n) is 7.90. The van der Waals surface area contributed by atoms with Gasteiger partial charge in [0.05, 0.1) is 12.7 Å². The van der Waals surface area contributed by atoms with E-state index in [0.717, 1.165) is 24.8 Å². The van der Waals surface area contributed by atoms with Crippen molar-refractivity contribution in [1.82, 2.24) is 5.32 Å². The highest BCUT2D eigenvalue weighted by molar-refractivity contribution is 7.10. The largest absolute Gasteiger partial charge is 0.467 e. The van der Waals surface area contributed by atoms with E-state index in [1.54, 1.807) is 11.3 Å². The summed E-state index contributed by atoms with van der Waals surface area (Å²) in [5.74, 6) is 0.468. The van der Waals surface area contributed by atoms with Gasteiger partial charge in [-0.1, -0.05) is 20.8 Å². The third kappa shape index (κ3) is 3.88. The third-order valence-electron chi connectivity index (χ3n) is 4.14. The molecule has 5 heteroatoms. The molecule has 1 aromatic rings. The summed E-state index contributed by atoms with van der Waals surface area (Å²) in [6, 6.07) is -0.574. The number of nitrogens with one attached hydrogen (secondary N) is 1. The van der Waals surface area contributed by atoms with Gasteiger partial charge in [0.25, 0.3) is 5.91 Å². The van der Waals surface area contributed by atoms with Crippen molar-refractivity contribution in [3.8, 4) is 0 Å². The van der Waals surface area contributed by atoms with Crippen molar-refractivity contribution in [2.24, 2.45) is 11.8 Å². The van der Waals surface area contributed by atoms with Gasteiger partial charge in [-0.2, -0.15) is 0 Å². The molecule has 122 valence electrons. The average Bonchev–Trinajstić information content (AvgIpc) is 2.88. The molecule has 0 saturated carbocycles. The fraction of sp³-hybridized carbons (Fsp3) is 0.647.